The van der Waals surface area contributed by atoms with E-state index in [9.17, 15) is 19.7 Å². The summed E-state index contributed by atoms with van der Waals surface area (Å²) >= 11 is 0. The van der Waals surface area contributed by atoms with E-state index >= 15 is 0 Å². The summed E-state index contributed by atoms with van der Waals surface area (Å²) in [5.41, 5.74) is 0.274. The fourth-order valence-corrected chi connectivity index (χ4v) is 1.32. The molecule has 0 amide bonds. The Hall–Kier alpha value is -2.70. The van der Waals surface area contributed by atoms with Crippen LogP contribution in [0.25, 0.3) is 0 Å². The molecule has 0 aliphatic heterocycles. The lowest BCUT2D eigenvalue weighted by Gasteiger charge is -1.98. The van der Waals surface area contributed by atoms with Gasteiger partial charge < -0.3 is 5.21 Å². The van der Waals surface area contributed by atoms with Gasteiger partial charge in [0.1, 0.15) is 12.0 Å². The van der Waals surface area contributed by atoms with Crippen LogP contribution >= 0.6 is 0 Å². The van der Waals surface area contributed by atoms with Crippen LogP contribution in [-0.2, 0) is 0 Å². The molecule has 1 aromatic heterocycles. The summed E-state index contributed by atoms with van der Waals surface area (Å²) in [6.07, 6.45) is 0.933. The number of halogens is 1. The van der Waals surface area contributed by atoms with E-state index in [0.717, 1.165) is 6.20 Å². The van der Waals surface area contributed by atoms with Gasteiger partial charge in [0.25, 0.3) is 5.69 Å². The quantitative estimate of drug-likeness (QED) is 0.502. The second-order valence-electron chi connectivity index (χ2n) is 3.44. The zero-order valence-corrected chi connectivity index (χ0v) is 9.02. The van der Waals surface area contributed by atoms with Crippen LogP contribution in [0, 0.1) is 15.9 Å². The van der Waals surface area contributed by atoms with E-state index in [1.165, 1.54) is 36.4 Å². The Morgan fingerprint density at radius 2 is 1.89 bits per heavy atom. The number of hydrogen-bond donors (Lipinski definition) is 1. The minimum Gasteiger partial charge on any atom is -0.427 e. The molecule has 2 aromatic rings. The molecule has 0 saturated carbocycles. The number of rotatable bonds is 2. The van der Waals surface area contributed by atoms with Gasteiger partial charge in [0.05, 0.1) is 10.6 Å². The fraction of sp³-hybridized carbons (Fsp3) is 0. The maximum atomic E-state index is 12.7. The smallest absolute Gasteiger partial charge is 0.289 e. The van der Waals surface area contributed by atoms with Crippen molar-refractivity contribution >= 4 is 11.4 Å². The van der Waals surface area contributed by atoms with Crippen LogP contribution in [0.5, 0.6) is 0 Å². The topological polar surface area (TPSA) is 80.7 Å². The van der Waals surface area contributed by atoms with Crippen LogP contribution in [-0.4, -0.2) is 14.9 Å². The van der Waals surface area contributed by atoms with Gasteiger partial charge >= 0.3 is 0 Å². The van der Waals surface area contributed by atoms with Crippen LogP contribution in [0.3, 0.4) is 0 Å². The Morgan fingerprint density at radius 3 is 2.44 bits per heavy atom. The highest BCUT2D eigenvalue weighted by molar-refractivity contribution is 5.36. The minimum atomic E-state index is -0.631. The van der Waals surface area contributed by atoms with Crippen LogP contribution < -0.4 is 5.49 Å². The average molecular weight is 249 g/mol. The molecule has 6 nitrogen and oxygen atoms in total. The lowest BCUT2D eigenvalue weighted by molar-refractivity contribution is -0.385. The van der Waals surface area contributed by atoms with Crippen molar-refractivity contribution in [2.45, 2.75) is 0 Å². The molecule has 0 aliphatic rings. The molecule has 18 heavy (non-hydrogen) atoms. The highest BCUT2D eigenvalue weighted by Gasteiger charge is 2.05. The third-order valence-electron chi connectivity index (χ3n) is 2.17. The number of nitrogens with zero attached hydrogens (tertiary/aromatic N) is 3. The van der Waals surface area contributed by atoms with Crippen molar-refractivity contribution < 1.29 is 14.5 Å². The molecule has 0 bridgehead atoms. The number of aromatic nitrogens is 1. The van der Waals surface area contributed by atoms with Crippen molar-refractivity contribution in [1.29, 1.82) is 0 Å². The zero-order chi connectivity index (χ0) is 13.1. The molecule has 1 N–H and O–H groups in total. The number of nitro groups is 1. The summed E-state index contributed by atoms with van der Waals surface area (Å²) in [7, 11) is 0. The summed E-state index contributed by atoms with van der Waals surface area (Å²) in [6.45, 7) is 0. The van der Waals surface area contributed by atoms with Gasteiger partial charge in [-0.2, -0.15) is 4.73 Å². The molecule has 0 radical (unpaired) electrons. The van der Waals surface area contributed by atoms with E-state index in [-0.39, 0.29) is 11.2 Å². The Labute approximate surface area is 100 Å². The second-order valence-corrected chi connectivity index (χ2v) is 3.44. The van der Waals surface area contributed by atoms with Gasteiger partial charge in [0.2, 0.25) is 0 Å². The summed E-state index contributed by atoms with van der Waals surface area (Å²) in [5.74, 6) is -0.394. The maximum absolute atomic E-state index is 12.7. The minimum absolute atomic E-state index is 0.104. The average Bonchev–Trinajstić information content (AvgIpc) is 2.34. The van der Waals surface area contributed by atoms with E-state index in [0.29, 0.717) is 10.4 Å². The van der Waals surface area contributed by atoms with Crippen LogP contribution in [0.15, 0.2) is 47.6 Å². The first-order valence-corrected chi connectivity index (χ1v) is 4.93. The molecule has 0 aliphatic carbocycles. The first-order chi connectivity index (χ1) is 8.56. The predicted octanol–water partition coefficient (Wildman–Crippen LogP) is 2.01. The molecule has 0 fully saturated rings. The third-order valence-corrected chi connectivity index (χ3v) is 2.17. The molecule has 0 unspecified atom stereocenters. The van der Waals surface area contributed by atoms with Gasteiger partial charge in [0.15, 0.2) is 5.49 Å². The van der Waals surface area contributed by atoms with Gasteiger partial charge in [-0.3, -0.25) is 10.1 Å². The van der Waals surface area contributed by atoms with Crippen molar-refractivity contribution in [1.82, 2.24) is 4.73 Å². The van der Waals surface area contributed by atoms with Crippen molar-refractivity contribution in [3.8, 4) is 0 Å². The maximum Gasteiger partial charge on any atom is 0.289 e. The summed E-state index contributed by atoms with van der Waals surface area (Å²) in [5, 5.41) is 20.0. The largest absolute Gasteiger partial charge is 0.427 e. The lowest BCUT2D eigenvalue weighted by Crippen LogP contribution is -2.17. The van der Waals surface area contributed by atoms with E-state index < -0.39 is 10.7 Å². The summed E-state index contributed by atoms with van der Waals surface area (Å²) in [6, 6.07) is 7.82. The molecule has 2 rings (SSSR count). The van der Waals surface area contributed by atoms with Crippen LogP contribution in [0.2, 0.25) is 0 Å². The van der Waals surface area contributed by atoms with Gasteiger partial charge in [-0.05, 0) is 30.3 Å². The van der Waals surface area contributed by atoms with Crippen molar-refractivity contribution in [2.75, 3.05) is 0 Å². The SMILES string of the molecule is O=[N+]([O-])c1ccc(=Nc2ccc(F)cc2)n(O)c1. The molecular formula is C11H8FN3O3. The Bertz CT molecular complexity index is 649. The summed E-state index contributed by atoms with van der Waals surface area (Å²) in [4.78, 5) is 13.8. The predicted molar refractivity (Wildman–Crippen MR) is 59.9 cm³/mol. The Morgan fingerprint density at radius 1 is 1.22 bits per heavy atom. The molecule has 1 aromatic carbocycles. The Kier molecular flexibility index (Phi) is 3.05. The second kappa shape index (κ2) is 4.66. The highest BCUT2D eigenvalue weighted by Crippen LogP contribution is 2.11. The van der Waals surface area contributed by atoms with Crippen molar-refractivity contribution in [3.05, 3.63) is 64.0 Å². The number of pyridine rings is 1. The first kappa shape index (κ1) is 11.8. The van der Waals surface area contributed by atoms with E-state index in [1.807, 2.05) is 0 Å². The Balaban J connectivity index is 2.45. The highest BCUT2D eigenvalue weighted by atomic mass is 19.1. The molecule has 1 heterocycles. The lowest BCUT2D eigenvalue weighted by atomic mass is 10.3. The van der Waals surface area contributed by atoms with Gasteiger partial charge in [-0.25, -0.2) is 9.38 Å². The van der Waals surface area contributed by atoms with Gasteiger partial charge in [-0.15, -0.1) is 0 Å². The van der Waals surface area contributed by atoms with Crippen LogP contribution in [0.1, 0.15) is 0 Å². The molecule has 7 heteroatoms. The standard InChI is InChI=1S/C11H8FN3O3/c12-8-1-3-9(4-2-8)13-11-6-5-10(15(17)18)7-14(11)16/h1-7,16H. The summed E-state index contributed by atoms with van der Waals surface area (Å²) < 4.78 is 13.2. The molecule has 0 saturated heterocycles. The van der Waals surface area contributed by atoms with E-state index in [1.54, 1.807) is 0 Å². The molecular weight excluding hydrogens is 241 g/mol. The van der Waals surface area contributed by atoms with Gasteiger partial charge in [0, 0.05) is 6.07 Å². The molecule has 0 spiro atoms. The normalized spacial score (nSPS) is 11.5. The monoisotopic (exact) mass is 249 g/mol. The number of hydrogen-bond acceptors (Lipinski definition) is 4. The van der Waals surface area contributed by atoms with Gasteiger partial charge in [-0.1, -0.05) is 0 Å². The molecule has 0 atom stereocenters. The van der Waals surface area contributed by atoms with Crippen LogP contribution in [0.4, 0.5) is 15.8 Å². The van der Waals surface area contributed by atoms with Crippen molar-refractivity contribution in [2.24, 2.45) is 4.99 Å². The zero-order valence-electron chi connectivity index (χ0n) is 9.02. The van der Waals surface area contributed by atoms with Crippen molar-refractivity contribution in [3.63, 3.8) is 0 Å². The fourth-order valence-electron chi connectivity index (χ4n) is 1.32. The first-order valence-electron chi connectivity index (χ1n) is 4.93. The van der Waals surface area contributed by atoms with E-state index in [4.69, 9.17) is 0 Å². The molecule has 92 valence electrons. The van der Waals surface area contributed by atoms with E-state index in [2.05, 4.69) is 4.99 Å². The number of benzene rings is 1. The third kappa shape index (κ3) is 2.51.